The Morgan fingerprint density at radius 1 is 1.50 bits per heavy atom. The summed E-state index contributed by atoms with van der Waals surface area (Å²) in [6.45, 7) is 1.26. The molecule has 5 heteroatoms. The van der Waals surface area contributed by atoms with Gasteiger partial charge < -0.3 is 16.2 Å². The zero-order valence-corrected chi connectivity index (χ0v) is 10.5. The number of hydrogen-bond donors (Lipinski definition) is 3. The maximum absolute atomic E-state index is 12.9. The molecule has 0 fully saturated rings. The molecule has 1 rings (SSSR count). The molecule has 1 unspecified atom stereocenters. The molecule has 0 aliphatic rings. The van der Waals surface area contributed by atoms with Crippen molar-refractivity contribution in [3.05, 3.63) is 34.1 Å². The fourth-order valence-corrected chi connectivity index (χ4v) is 2.09. The Morgan fingerprint density at radius 2 is 2.25 bits per heavy atom. The molecule has 0 bridgehead atoms. The molecule has 0 radical (unpaired) electrons. The molecule has 1 aromatic rings. The third-order valence-electron chi connectivity index (χ3n) is 2.30. The van der Waals surface area contributed by atoms with Crippen molar-refractivity contribution in [3.8, 4) is 0 Å². The molecule has 3 nitrogen and oxygen atoms in total. The van der Waals surface area contributed by atoms with Crippen molar-refractivity contribution in [1.29, 1.82) is 0 Å². The van der Waals surface area contributed by atoms with E-state index in [4.69, 9.17) is 10.8 Å². The Morgan fingerprint density at radius 3 is 2.81 bits per heavy atom. The Kier molecular flexibility index (Phi) is 5.90. The average molecular weight is 291 g/mol. The highest BCUT2D eigenvalue weighted by Gasteiger charge is 2.12. The lowest BCUT2D eigenvalue weighted by Crippen LogP contribution is -2.29. The summed E-state index contributed by atoms with van der Waals surface area (Å²) in [5.41, 5.74) is 6.59. The van der Waals surface area contributed by atoms with Crippen molar-refractivity contribution < 1.29 is 9.50 Å². The van der Waals surface area contributed by atoms with Crippen LogP contribution < -0.4 is 11.1 Å². The van der Waals surface area contributed by atoms with Crippen LogP contribution in [0.25, 0.3) is 0 Å². The second-order valence-corrected chi connectivity index (χ2v) is 4.34. The summed E-state index contributed by atoms with van der Waals surface area (Å²) in [5.74, 6) is -0.276. The van der Waals surface area contributed by atoms with Crippen molar-refractivity contribution in [2.24, 2.45) is 5.73 Å². The van der Waals surface area contributed by atoms with Crippen molar-refractivity contribution in [2.45, 2.75) is 12.5 Å². The summed E-state index contributed by atoms with van der Waals surface area (Å²) in [6.07, 6.45) is 0.676. The number of halogens is 2. The molecular weight excluding hydrogens is 275 g/mol. The summed E-state index contributed by atoms with van der Waals surface area (Å²) in [5, 5.41) is 11.9. The SMILES string of the molecule is NCC(NCCCO)c1ccc(F)cc1Br. The zero-order valence-electron chi connectivity index (χ0n) is 8.92. The van der Waals surface area contributed by atoms with Crippen molar-refractivity contribution in [1.82, 2.24) is 5.32 Å². The Bertz CT molecular complexity index is 336. The molecule has 0 aromatic heterocycles. The van der Waals surface area contributed by atoms with Gasteiger partial charge in [-0.3, -0.25) is 0 Å². The lowest BCUT2D eigenvalue weighted by molar-refractivity contribution is 0.283. The second-order valence-electron chi connectivity index (χ2n) is 3.49. The standard InChI is InChI=1S/C11H16BrFN2O/c12-10-6-8(13)2-3-9(10)11(7-14)15-4-1-5-16/h2-3,6,11,15-16H,1,4-5,7,14H2. The van der Waals surface area contributed by atoms with Crippen LogP contribution in [0, 0.1) is 5.82 Å². The topological polar surface area (TPSA) is 58.3 Å². The minimum absolute atomic E-state index is 0.0264. The maximum Gasteiger partial charge on any atom is 0.124 e. The fraction of sp³-hybridized carbons (Fsp3) is 0.455. The number of hydrogen-bond acceptors (Lipinski definition) is 3. The molecule has 0 amide bonds. The van der Waals surface area contributed by atoms with Crippen LogP contribution in [0.1, 0.15) is 18.0 Å². The van der Waals surface area contributed by atoms with Gasteiger partial charge in [0, 0.05) is 23.7 Å². The van der Waals surface area contributed by atoms with Gasteiger partial charge in [0.05, 0.1) is 0 Å². The third kappa shape index (κ3) is 3.83. The lowest BCUT2D eigenvalue weighted by Gasteiger charge is -2.18. The minimum Gasteiger partial charge on any atom is -0.396 e. The monoisotopic (exact) mass is 290 g/mol. The van der Waals surface area contributed by atoms with Crippen LogP contribution >= 0.6 is 15.9 Å². The van der Waals surface area contributed by atoms with Crippen LogP contribution in [0.4, 0.5) is 4.39 Å². The van der Waals surface area contributed by atoms with Gasteiger partial charge in [-0.1, -0.05) is 22.0 Å². The summed E-state index contributed by atoms with van der Waals surface area (Å²) >= 11 is 3.31. The molecule has 0 saturated carbocycles. The van der Waals surface area contributed by atoms with Crippen LogP contribution in [0.15, 0.2) is 22.7 Å². The highest BCUT2D eigenvalue weighted by atomic mass is 79.9. The van der Waals surface area contributed by atoms with E-state index in [9.17, 15) is 4.39 Å². The number of nitrogens with one attached hydrogen (secondary N) is 1. The van der Waals surface area contributed by atoms with E-state index < -0.39 is 0 Å². The first-order valence-corrected chi connectivity index (χ1v) is 5.97. The summed E-state index contributed by atoms with van der Waals surface area (Å²) in [6, 6.07) is 4.52. The van der Waals surface area contributed by atoms with Gasteiger partial charge in [0.25, 0.3) is 0 Å². The van der Waals surface area contributed by atoms with Gasteiger partial charge in [0.2, 0.25) is 0 Å². The molecule has 90 valence electrons. The van der Waals surface area contributed by atoms with Crippen LogP contribution in [0.5, 0.6) is 0 Å². The van der Waals surface area contributed by atoms with Gasteiger partial charge in [-0.2, -0.15) is 0 Å². The lowest BCUT2D eigenvalue weighted by atomic mass is 10.1. The first-order chi connectivity index (χ1) is 7.69. The smallest absolute Gasteiger partial charge is 0.124 e. The molecule has 1 atom stereocenters. The third-order valence-corrected chi connectivity index (χ3v) is 2.99. The van der Waals surface area contributed by atoms with Gasteiger partial charge >= 0.3 is 0 Å². The zero-order chi connectivity index (χ0) is 12.0. The fourth-order valence-electron chi connectivity index (χ4n) is 1.46. The molecule has 0 aliphatic heterocycles. The number of benzene rings is 1. The van der Waals surface area contributed by atoms with Crippen LogP contribution in [-0.4, -0.2) is 24.8 Å². The first kappa shape index (κ1) is 13.6. The number of rotatable bonds is 6. The molecular formula is C11H16BrFN2O. The van der Waals surface area contributed by atoms with Gasteiger partial charge in [-0.05, 0) is 30.7 Å². The first-order valence-electron chi connectivity index (χ1n) is 5.18. The van der Waals surface area contributed by atoms with Crippen molar-refractivity contribution >= 4 is 15.9 Å². The molecule has 1 aromatic carbocycles. The van der Waals surface area contributed by atoms with E-state index in [1.165, 1.54) is 12.1 Å². The van der Waals surface area contributed by atoms with Gasteiger partial charge in [0.1, 0.15) is 5.82 Å². The van der Waals surface area contributed by atoms with E-state index in [0.29, 0.717) is 24.0 Å². The Hall–Kier alpha value is -0.490. The van der Waals surface area contributed by atoms with Gasteiger partial charge in [0.15, 0.2) is 0 Å². The summed E-state index contributed by atoms with van der Waals surface area (Å²) in [4.78, 5) is 0. The molecule has 0 aliphatic carbocycles. The molecule has 4 N–H and O–H groups in total. The summed E-state index contributed by atoms with van der Waals surface area (Å²) in [7, 11) is 0. The Labute approximate surface area is 103 Å². The maximum atomic E-state index is 12.9. The molecule has 0 spiro atoms. The van der Waals surface area contributed by atoms with Crippen LogP contribution in [0.2, 0.25) is 0 Å². The predicted octanol–water partition coefficient (Wildman–Crippen LogP) is 1.56. The summed E-state index contributed by atoms with van der Waals surface area (Å²) < 4.78 is 13.6. The highest BCUT2D eigenvalue weighted by molar-refractivity contribution is 9.10. The van der Waals surface area contributed by atoms with Crippen LogP contribution in [0.3, 0.4) is 0 Å². The van der Waals surface area contributed by atoms with Crippen molar-refractivity contribution in [3.63, 3.8) is 0 Å². The molecule has 16 heavy (non-hydrogen) atoms. The van der Waals surface area contributed by atoms with E-state index in [1.54, 1.807) is 6.07 Å². The predicted molar refractivity (Wildman–Crippen MR) is 65.6 cm³/mol. The quantitative estimate of drug-likeness (QED) is 0.697. The number of aliphatic hydroxyl groups excluding tert-OH is 1. The van der Waals surface area contributed by atoms with E-state index in [-0.39, 0.29) is 18.5 Å². The normalized spacial score (nSPS) is 12.8. The molecule has 0 saturated heterocycles. The second kappa shape index (κ2) is 6.96. The van der Waals surface area contributed by atoms with E-state index in [1.807, 2.05) is 0 Å². The van der Waals surface area contributed by atoms with E-state index in [2.05, 4.69) is 21.2 Å². The van der Waals surface area contributed by atoms with Gasteiger partial charge in [-0.25, -0.2) is 4.39 Å². The number of aliphatic hydroxyl groups is 1. The van der Waals surface area contributed by atoms with E-state index in [0.717, 1.165) is 5.56 Å². The Balaban J connectivity index is 2.70. The van der Waals surface area contributed by atoms with E-state index >= 15 is 0 Å². The minimum atomic E-state index is -0.276. The largest absolute Gasteiger partial charge is 0.396 e. The number of nitrogens with two attached hydrogens (primary N) is 1. The average Bonchev–Trinajstić information content (AvgIpc) is 2.26. The van der Waals surface area contributed by atoms with Crippen molar-refractivity contribution in [2.75, 3.05) is 19.7 Å². The van der Waals surface area contributed by atoms with Crippen LogP contribution in [-0.2, 0) is 0 Å². The molecule has 0 heterocycles. The van der Waals surface area contributed by atoms with Gasteiger partial charge in [-0.15, -0.1) is 0 Å². The highest BCUT2D eigenvalue weighted by Crippen LogP contribution is 2.23.